The molecule has 0 bridgehead atoms. The highest BCUT2D eigenvalue weighted by atomic mass is 16.1. The van der Waals surface area contributed by atoms with Gasteiger partial charge in [0.25, 0.3) is 0 Å². The van der Waals surface area contributed by atoms with Crippen molar-refractivity contribution in [1.29, 1.82) is 0 Å². The van der Waals surface area contributed by atoms with Gasteiger partial charge in [-0.25, -0.2) is 4.98 Å². The van der Waals surface area contributed by atoms with E-state index in [-0.39, 0.29) is 17.9 Å². The van der Waals surface area contributed by atoms with Crippen LogP contribution < -0.4 is 11.1 Å². The van der Waals surface area contributed by atoms with Crippen LogP contribution in [0, 0.1) is 12.8 Å². The van der Waals surface area contributed by atoms with Crippen LogP contribution in [0.4, 0.5) is 5.95 Å². The van der Waals surface area contributed by atoms with E-state index in [0.717, 1.165) is 35.1 Å². The molecular formula is C19H20N8O. The number of aromatic nitrogens is 6. The van der Waals surface area contributed by atoms with Gasteiger partial charge in [-0.15, -0.1) is 5.10 Å². The summed E-state index contributed by atoms with van der Waals surface area (Å²) >= 11 is 0. The van der Waals surface area contributed by atoms with Gasteiger partial charge in [0.1, 0.15) is 0 Å². The fourth-order valence-corrected chi connectivity index (χ4v) is 3.92. The first-order chi connectivity index (χ1) is 13.6. The van der Waals surface area contributed by atoms with Crippen LogP contribution in [0.5, 0.6) is 0 Å². The number of H-pyrrole nitrogens is 1. The topological polar surface area (TPSA) is 127 Å². The van der Waals surface area contributed by atoms with Gasteiger partial charge in [0.05, 0.1) is 11.9 Å². The highest BCUT2D eigenvalue weighted by Gasteiger charge is 2.28. The lowest BCUT2D eigenvalue weighted by Crippen LogP contribution is -2.23. The van der Waals surface area contributed by atoms with Crippen molar-refractivity contribution in [3.8, 4) is 5.69 Å². The standard InChI is InChI=1S/C19H20N8O/c1-10-6-12-8-14(4-5-15(12)22-10)27-18-16(25-26-27)9-21-19(24-18)23-13-3-2-11(7-13)17(20)28/h4-6,8-9,11,13,22H,2-3,7H2,1H3,(H2,20,28)(H,21,23,24)/t11-,13-/m1/s1. The summed E-state index contributed by atoms with van der Waals surface area (Å²) in [5.41, 5.74) is 9.74. The van der Waals surface area contributed by atoms with Crippen molar-refractivity contribution in [1.82, 2.24) is 29.9 Å². The van der Waals surface area contributed by atoms with E-state index >= 15 is 0 Å². The van der Waals surface area contributed by atoms with Crippen LogP contribution in [0.3, 0.4) is 0 Å². The van der Waals surface area contributed by atoms with Crippen LogP contribution in [0.15, 0.2) is 30.5 Å². The van der Waals surface area contributed by atoms with Gasteiger partial charge in [0.15, 0.2) is 11.2 Å². The summed E-state index contributed by atoms with van der Waals surface area (Å²) in [5.74, 6) is 0.188. The molecule has 0 aliphatic heterocycles. The molecule has 2 atom stereocenters. The van der Waals surface area contributed by atoms with Gasteiger partial charge in [-0.05, 0) is 50.5 Å². The predicted octanol–water partition coefficient (Wildman–Crippen LogP) is 2.07. The number of aromatic amines is 1. The number of hydrogen-bond donors (Lipinski definition) is 3. The molecule has 4 aromatic rings. The van der Waals surface area contributed by atoms with E-state index in [1.54, 1.807) is 10.9 Å². The summed E-state index contributed by atoms with van der Waals surface area (Å²) in [6, 6.07) is 8.29. The Morgan fingerprint density at radius 1 is 1.32 bits per heavy atom. The molecule has 1 aliphatic carbocycles. The van der Waals surface area contributed by atoms with Gasteiger partial charge in [-0.3, -0.25) is 4.79 Å². The summed E-state index contributed by atoms with van der Waals surface area (Å²) in [6.45, 7) is 2.03. The Morgan fingerprint density at radius 3 is 3.04 bits per heavy atom. The molecule has 1 aromatic carbocycles. The van der Waals surface area contributed by atoms with Gasteiger partial charge in [-0.2, -0.15) is 9.67 Å². The average Bonchev–Trinajstić information content (AvgIpc) is 3.38. The Morgan fingerprint density at radius 2 is 2.21 bits per heavy atom. The normalized spacial score (nSPS) is 19.5. The maximum absolute atomic E-state index is 11.4. The Hall–Kier alpha value is -3.49. The van der Waals surface area contributed by atoms with Gasteiger partial charge < -0.3 is 16.0 Å². The molecule has 0 spiro atoms. The minimum Gasteiger partial charge on any atom is -0.369 e. The Kier molecular flexibility index (Phi) is 3.75. The zero-order valence-corrected chi connectivity index (χ0v) is 15.4. The minimum absolute atomic E-state index is 0.0787. The first kappa shape index (κ1) is 16.7. The number of carbonyl (C=O) groups is 1. The van der Waals surface area contributed by atoms with E-state index in [0.29, 0.717) is 23.5 Å². The molecule has 1 amide bonds. The van der Waals surface area contributed by atoms with Gasteiger partial charge in [0, 0.05) is 28.6 Å². The number of rotatable bonds is 4. The Bertz CT molecular complexity index is 1190. The van der Waals surface area contributed by atoms with Crippen LogP contribution in [-0.2, 0) is 4.79 Å². The molecule has 3 heterocycles. The van der Waals surface area contributed by atoms with E-state index < -0.39 is 0 Å². The van der Waals surface area contributed by atoms with Crippen LogP contribution in [0.25, 0.3) is 27.8 Å². The van der Waals surface area contributed by atoms with Crippen molar-refractivity contribution in [2.45, 2.75) is 32.2 Å². The molecule has 9 nitrogen and oxygen atoms in total. The maximum Gasteiger partial charge on any atom is 0.225 e. The van der Waals surface area contributed by atoms with Crippen molar-refractivity contribution in [3.63, 3.8) is 0 Å². The van der Waals surface area contributed by atoms with E-state index in [1.807, 2.05) is 19.1 Å². The first-order valence-electron chi connectivity index (χ1n) is 9.31. The number of nitrogens with zero attached hydrogens (tertiary/aromatic N) is 5. The third-order valence-electron chi connectivity index (χ3n) is 5.34. The molecule has 1 saturated carbocycles. The monoisotopic (exact) mass is 376 g/mol. The fourth-order valence-electron chi connectivity index (χ4n) is 3.92. The van der Waals surface area contributed by atoms with Gasteiger partial charge in [0.2, 0.25) is 11.9 Å². The summed E-state index contributed by atoms with van der Waals surface area (Å²) in [7, 11) is 0. The molecule has 5 rings (SSSR count). The van der Waals surface area contributed by atoms with Crippen LogP contribution in [0.1, 0.15) is 25.0 Å². The third-order valence-corrected chi connectivity index (χ3v) is 5.34. The van der Waals surface area contributed by atoms with Gasteiger partial charge >= 0.3 is 0 Å². The summed E-state index contributed by atoms with van der Waals surface area (Å²) in [4.78, 5) is 23.7. The number of carbonyl (C=O) groups excluding carboxylic acids is 1. The molecule has 0 saturated heterocycles. The van der Waals surface area contributed by atoms with Crippen molar-refractivity contribution in [2.24, 2.45) is 11.7 Å². The Labute approximate surface area is 160 Å². The molecule has 0 unspecified atom stereocenters. The van der Waals surface area contributed by atoms with Crippen molar-refractivity contribution in [3.05, 3.63) is 36.2 Å². The van der Waals surface area contributed by atoms with Crippen LogP contribution >= 0.6 is 0 Å². The summed E-state index contributed by atoms with van der Waals surface area (Å²) in [6.07, 6.45) is 4.03. The number of nitrogens with two attached hydrogens (primary N) is 1. The van der Waals surface area contributed by atoms with Gasteiger partial charge in [-0.1, -0.05) is 5.21 Å². The number of fused-ring (bicyclic) bond motifs is 2. The van der Waals surface area contributed by atoms with Crippen molar-refractivity contribution >= 4 is 33.9 Å². The molecule has 142 valence electrons. The number of amides is 1. The minimum atomic E-state index is -0.238. The Balaban J connectivity index is 1.47. The second-order valence-corrected chi connectivity index (χ2v) is 7.38. The lowest BCUT2D eigenvalue weighted by Gasteiger charge is -2.12. The maximum atomic E-state index is 11.4. The van der Waals surface area contributed by atoms with E-state index in [9.17, 15) is 4.79 Å². The number of nitrogens with one attached hydrogen (secondary N) is 2. The zero-order valence-electron chi connectivity index (χ0n) is 15.4. The molecule has 1 aliphatic rings. The molecule has 3 aromatic heterocycles. The largest absolute Gasteiger partial charge is 0.369 e. The van der Waals surface area contributed by atoms with E-state index in [4.69, 9.17) is 5.73 Å². The highest BCUT2D eigenvalue weighted by molar-refractivity contribution is 5.83. The lowest BCUT2D eigenvalue weighted by atomic mass is 10.1. The van der Waals surface area contributed by atoms with Crippen molar-refractivity contribution in [2.75, 3.05) is 5.32 Å². The van der Waals surface area contributed by atoms with Crippen LogP contribution in [0.2, 0.25) is 0 Å². The molecule has 0 radical (unpaired) electrons. The SMILES string of the molecule is Cc1cc2cc(-n3nnc4cnc(N[C@@H]5CC[C@@H](C(N)=O)C5)nc43)ccc2[nH]1. The number of primary amides is 1. The zero-order chi connectivity index (χ0) is 19.3. The second-order valence-electron chi connectivity index (χ2n) is 7.38. The van der Waals surface area contributed by atoms with E-state index in [2.05, 4.69) is 42.7 Å². The average molecular weight is 376 g/mol. The molecular weight excluding hydrogens is 356 g/mol. The third kappa shape index (κ3) is 2.84. The molecule has 1 fully saturated rings. The molecule has 9 heteroatoms. The first-order valence-corrected chi connectivity index (χ1v) is 9.31. The van der Waals surface area contributed by atoms with Crippen LogP contribution in [-0.4, -0.2) is 41.9 Å². The smallest absolute Gasteiger partial charge is 0.225 e. The number of anilines is 1. The summed E-state index contributed by atoms with van der Waals surface area (Å²) < 4.78 is 1.71. The van der Waals surface area contributed by atoms with Crippen molar-refractivity contribution < 1.29 is 4.79 Å². The molecule has 28 heavy (non-hydrogen) atoms. The number of aryl methyl sites for hydroxylation is 1. The fraction of sp³-hybridized carbons (Fsp3) is 0.316. The number of hydrogen-bond acceptors (Lipinski definition) is 6. The predicted molar refractivity (Wildman–Crippen MR) is 105 cm³/mol. The summed E-state index contributed by atoms with van der Waals surface area (Å²) in [5, 5.41) is 12.9. The lowest BCUT2D eigenvalue weighted by molar-refractivity contribution is -0.121. The van der Waals surface area contributed by atoms with E-state index in [1.165, 1.54) is 0 Å². The highest BCUT2D eigenvalue weighted by Crippen LogP contribution is 2.27. The quantitative estimate of drug-likeness (QED) is 0.500. The number of benzene rings is 1. The molecule has 4 N–H and O–H groups in total. The second kappa shape index (κ2) is 6.29.